The minimum Gasteiger partial charge on any atom is -0.456 e. The third-order valence-corrected chi connectivity index (χ3v) is 4.83. The Hall–Kier alpha value is -1.91. The van der Waals surface area contributed by atoms with E-state index in [0.717, 1.165) is 12.3 Å². The van der Waals surface area contributed by atoms with Crippen molar-refractivity contribution in [3.8, 4) is 0 Å². The van der Waals surface area contributed by atoms with Gasteiger partial charge < -0.3 is 10.1 Å². The lowest BCUT2D eigenvalue weighted by atomic mass is 9.86. The van der Waals surface area contributed by atoms with Crippen LogP contribution in [0.5, 0.6) is 0 Å². The molecule has 118 valence electrons. The highest BCUT2D eigenvalue weighted by Gasteiger charge is 2.40. The number of carbonyl (C=O) groups is 2. The average Bonchev–Trinajstić information content (AvgIpc) is 3.10. The Morgan fingerprint density at radius 2 is 2.05 bits per heavy atom. The summed E-state index contributed by atoms with van der Waals surface area (Å²) in [5.74, 6) is 0.495. The van der Waals surface area contributed by atoms with Crippen molar-refractivity contribution in [2.75, 3.05) is 11.9 Å². The molecular weight excluding hydrogens is 285 g/mol. The average molecular weight is 305 g/mol. The predicted octanol–water partition coefficient (Wildman–Crippen LogP) is 3.13. The van der Waals surface area contributed by atoms with Gasteiger partial charge in [-0.1, -0.05) is 18.6 Å². The number of anilines is 1. The van der Waals surface area contributed by atoms with E-state index in [0.29, 0.717) is 18.3 Å². The topological polar surface area (TPSA) is 55.4 Å². The van der Waals surface area contributed by atoms with Gasteiger partial charge in [0.25, 0.3) is 5.91 Å². The van der Waals surface area contributed by atoms with Gasteiger partial charge in [-0.25, -0.2) is 4.39 Å². The zero-order valence-electron chi connectivity index (χ0n) is 12.4. The Labute approximate surface area is 129 Å². The van der Waals surface area contributed by atoms with E-state index in [1.807, 2.05) is 0 Å². The molecule has 3 rings (SSSR count). The van der Waals surface area contributed by atoms with E-state index in [4.69, 9.17) is 4.74 Å². The number of para-hydroxylation sites is 1. The third-order valence-electron chi connectivity index (χ3n) is 4.83. The van der Waals surface area contributed by atoms with Gasteiger partial charge in [-0.2, -0.15) is 0 Å². The number of ether oxygens (including phenoxy) is 1. The lowest BCUT2D eigenvalue weighted by molar-refractivity contribution is -0.148. The van der Waals surface area contributed by atoms with Crippen LogP contribution in [0.3, 0.4) is 0 Å². The highest BCUT2D eigenvalue weighted by molar-refractivity contribution is 5.92. The monoisotopic (exact) mass is 305 g/mol. The third kappa shape index (κ3) is 3.46. The minimum atomic E-state index is -0.522. The lowest BCUT2D eigenvalue weighted by Crippen LogP contribution is -2.23. The molecule has 2 bridgehead atoms. The molecular formula is C17H20FNO3. The number of nitrogens with one attached hydrogen (secondary N) is 1. The Balaban J connectivity index is 1.41. The number of amides is 1. The predicted molar refractivity (Wildman–Crippen MR) is 79.5 cm³/mol. The molecule has 1 aromatic rings. The summed E-state index contributed by atoms with van der Waals surface area (Å²) in [5.41, 5.74) is 0.0941. The van der Waals surface area contributed by atoms with Crippen molar-refractivity contribution in [2.45, 2.75) is 32.1 Å². The Bertz CT molecular complexity index is 575. The zero-order valence-corrected chi connectivity index (χ0v) is 12.4. The van der Waals surface area contributed by atoms with E-state index in [9.17, 15) is 14.0 Å². The summed E-state index contributed by atoms with van der Waals surface area (Å²) >= 11 is 0. The van der Waals surface area contributed by atoms with Crippen molar-refractivity contribution < 1.29 is 18.7 Å². The normalized spacial score (nSPS) is 26.0. The van der Waals surface area contributed by atoms with Gasteiger partial charge in [0.05, 0.1) is 5.69 Å². The van der Waals surface area contributed by atoms with Crippen LogP contribution < -0.4 is 5.32 Å². The summed E-state index contributed by atoms with van der Waals surface area (Å²) in [5, 5.41) is 2.40. The smallest absolute Gasteiger partial charge is 0.306 e. The van der Waals surface area contributed by atoms with Crippen molar-refractivity contribution in [2.24, 2.45) is 17.8 Å². The van der Waals surface area contributed by atoms with Gasteiger partial charge in [-0.15, -0.1) is 0 Å². The number of hydrogen-bond donors (Lipinski definition) is 1. The van der Waals surface area contributed by atoms with Crippen LogP contribution in [0, 0.1) is 23.6 Å². The largest absolute Gasteiger partial charge is 0.456 e. The van der Waals surface area contributed by atoms with Gasteiger partial charge in [-0.05, 0) is 49.1 Å². The molecule has 22 heavy (non-hydrogen) atoms. The number of rotatable bonds is 5. The van der Waals surface area contributed by atoms with Crippen LogP contribution in [0.2, 0.25) is 0 Å². The van der Waals surface area contributed by atoms with E-state index in [1.165, 1.54) is 31.4 Å². The number of fused-ring (bicyclic) bond motifs is 2. The van der Waals surface area contributed by atoms with Crippen LogP contribution >= 0.6 is 0 Å². The van der Waals surface area contributed by atoms with Crippen LogP contribution in [-0.2, 0) is 14.3 Å². The molecule has 0 radical (unpaired) electrons. The molecule has 1 aromatic carbocycles. The molecule has 2 saturated carbocycles. The van der Waals surface area contributed by atoms with Gasteiger partial charge in [-0.3, -0.25) is 9.59 Å². The van der Waals surface area contributed by atoms with Crippen LogP contribution in [0.15, 0.2) is 24.3 Å². The highest BCUT2D eigenvalue weighted by atomic mass is 19.1. The molecule has 1 N–H and O–H groups in total. The molecule has 4 nitrogen and oxygen atoms in total. The molecule has 1 amide bonds. The number of carbonyl (C=O) groups excluding carboxylic acids is 2. The van der Waals surface area contributed by atoms with E-state index >= 15 is 0 Å². The molecule has 0 saturated heterocycles. The quantitative estimate of drug-likeness (QED) is 0.850. The van der Waals surface area contributed by atoms with E-state index < -0.39 is 11.7 Å². The summed E-state index contributed by atoms with van der Waals surface area (Å²) < 4.78 is 18.4. The molecule has 0 unspecified atom stereocenters. The fourth-order valence-electron chi connectivity index (χ4n) is 3.79. The molecule has 0 aromatic heterocycles. The first-order chi connectivity index (χ1) is 10.6. The van der Waals surface area contributed by atoms with Crippen molar-refractivity contribution in [3.05, 3.63) is 30.1 Å². The first-order valence-electron chi connectivity index (χ1n) is 7.82. The van der Waals surface area contributed by atoms with Gasteiger partial charge in [0.15, 0.2) is 6.61 Å². The first kappa shape index (κ1) is 15.0. The summed E-state index contributed by atoms with van der Waals surface area (Å²) in [6, 6.07) is 5.89. The Morgan fingerprint density at radius 1 is 1.23 bits per heavy atom. The summed E-state index contributed by atoms with van der Waals surface area (Å²) in [4.78, 5) is 23.5. The fourth-order valence-corrected chi connectivity index (χ4v) is 3.79. The van der Waals surface area contributed by atoms with E-state index in [-0.39, 0.29) is 18.3 Å². The van der Waals surface area contributed by atoms with Gasteiger partial charge in [0, 0.05) is 6.42 Å². The van der Waals surface area contributed by atoms with Crippen LogP contribution in [0.1, 0.15) is 32.1 Å². The molecule has 2 aliphatic rings. The van der Waals surface area contributed by atoms with Crippen LogP contribution in [0.25, 0.3) is 0 Å². The van der Waals surface area contributed by atoms with Crippen LogP contribution in [-0.4, -0.2) is 18.5 Å². The van der Waals surface area contributed by atoms with Crippen molar-refractivity contribution in [1.82, 2.24) is 0 Å². The maximum absolute atomic E-state index is 13.4. The first-order valence-corrected chi connectivity index (χ1v) is 7.82. The number of benzene rings is 1. The lowest BCUT2D eigenvalue weighted by Gasteiger charge is -2.20. The van der Waals surface area contributed by atoms with Crippen molar-refractivity contribution >= 4 is 17.6 Å². The molecule has 0 spiro atoms. The summed E-state index contributed by atoms with van der Waals surface area (Å²) in [7, 11) is 0. The summed E-state index contributed by atoms with van der Waals surface area (Å²) in [6.07, 6.45) is 5.26. The van der Waals surface area contributed by atoms with Crippen molar-refractivity contribution in [1.29, 1.82) is 0 Å². The molecule has 5 heteroatoms. The molecule has 2 aliphatic carbocycles. The second kappa shape index (κ2) is 6.46. The molecule has 3 atom stereocenters. The van der Waals surface area contributed by atoms with E-state index in [2.05, 4.69) is 5.32 Å². The number of halogens is 1. The molecule has 2 fully saturated rings. The van der Waals surface area contributed by atoms with Gasteiger partial charge in [0.2, 0.25) is 0 Å². The fraction of sp³-hybridized carbons (Fsp3) is 0.529. The Morgan fingerprint density at radius 3 is 2.73 bits per heavy atom. The zero-order chi connectivity index (χ0) is 15.5. The maximum atomic E-state index is 13.4. The van der Waals surface area contributed by atoms with Crippen molar-refractivity contribution in [3.63, 3.8) is 0 Å². The molecule has 0 aliphatic heterocycles. The standard InChI is InChI=1S/C17H20FNO3/c18-14-3-1-2-4-15(14)19-16(20)10-22-17(21)9-13-8-11-5-6-12(13)7-11/h1-4,11-13H,5-10H2,(H,19,20)/t11-,12-,13+/m1/s1. The van der Waals surface area contributed by atoms with Gasteiger partial charge in [0.1, 0.15) is 5.82 Å². The number of esters is 1. The highest BCUT2D eigenvalue weighted by Crippen LogP contribution is 2.49. The number of hydrogen-bond acceptors (Lipinski definition) is 3. The second-order valence-electron chi connectivity index (χ2n) is 6.33. The summed E-state index contributed by atoms with van der Waals surface area (Å²) in [6.45, 7) is -0.367. The maximum Gasteiger partial charge on any atom is 0.306 e. The second-order valence-corrected chi connectivity index (χ2v) is 6.33. The van der Waals surface area contributed by atoms with E-state index in [1.54, 1.807) is 12.1 Å². The van der Waals surface area contributed by atoms with Crippen LogP contribution in [0.4, 0.5) is 10.1 Å². The van der Waals surface area contributed by atoms with Gasteiger partial charge >= 0.3 is 5.97 Å². The SMILES string of the molecule is O=C(COC(=O)C[C@@H]1C[C@@H]2CC[C@@H]1C2)Nc1ccccc1F. The molecule has 0 heterocycles. The Kier molecular flexibility index (Phi) is 4.41. The minimum absolute atomic E-state index is 0.0941.